The maximum atomic E-state index is 12.4. The van der Waals surface area contributed by atoms with Gasteiger partial charge in [-0.15, -0.1) is 0 Å². The highest BCUT2D eigenvalue weighted by atomic mass is 35.5. The molecule has 0 aliphatic rings. The van der Waals surface area contributed by atoms with E-state index in [1.165, 1.54) is 29.5 Å². The largest absolute Gasteiger partial charge is 0.298 e. The fourth-order valence-electron chi connectivity index (χ4n) is 2.18. The lowest BCUT2D eigenvalue weighted by atomic mass is 10.2. The number of benzene rings is 2. The first kappa shape index (κ1) is 16.9. The van der Waals surface area contributed by atoms with Gasteiger partial charge in [0.1, 0.15) is 0 Å². The number of sulfone groups is 1. The van der Waals surface area contributed by atoms with Gasteiger partial charge in [-0.3, -0.25) is 10.1 Å². The lowest BCUT2D eigenvalue weighted by molar-refractivity contribution is 0.102. The maximum absolute atomic E-state index is 12.4. The fraction of sp³-hybridized carbons (Fsp3) is 0.125. The van der Waals surface area contributed by atoms with Gasteiger partial charge in [-0.2, -0.15) is 0 Å². The van der Waals surface area contributed by atoms with E-state index in [4.69, 9.17) is 11.6 Å². The van der Waals surface area contributed by atoms with Crippen LogP contribution in [0.4, 0.5) is 5.13 Å². The monoisotopic (exact) mass is 380 g/mol. The Morgan fingerprint density at radius 2 is 1.96 bits per heavy atom. The molecule has 0 bridgehead atoms. The van der Waals surface area contributed by atoms with Gasteiger partial charge in [0.15, 0.2) is 15.0 Å². The molecule has 0 saturated heterocycles. The van der Waals surface area contributed by atoms with Crippen LogP contribution in [0.1, 0.15) is 15.9 Å². The molecule has 3 rings (SSSR count). The third kappa shape index (κ3) is 3.43. The predicted octanol–water partition coefficient (Wildman–Crippen LogP) is 3.91. The highest BCUT2D eigenvalue weighted by Gasteiger charge is 2.17. The first-order valence-electron chi connectivity index (χ1n) is 6.92. The quantitative estimate of drug-likeness (QED) is 0.747. The second-order valence-corrected chi connectivity index (χ2v) is 8.78. The number of amides is 1. The molecule has 2 aromatic carbocycles. The Labute approximate surface area is 148 Å². The van der Waals surface area contributed by atoms with Gasteiger partial charge < -0.3 is 0 Å². The molecule has 0 aliphatic carbocycles. The number of fused-ring (bicyclic) bond motifs is 1. The van der Waals surface area contributed by atoms with Gasteiger partial charge in [-0.25, -0.2) is 13.4 Å². The zero-order valence-corrected chi connectivity index (χ0v) is 15.2. The number of rotatable bonds is 3. The Kier molecular flexibility index (Phi) is 4.33. The van der Waals surface area contributed by atoms with E-state index in [2.05, 4.69) is 10.3 Å². The second kappa shape index (κ2) is 6.16. The third-order valence-electron chi connectivity index (χ3n) is 3.36. The van der Waals surface area contributed by atoms with Gasteiger partial charge in [0.2, 0.25) is 0 Å². The molecular formula is C16H13ClN2O3S2. The minimum Gasteiger partial charge on any atom is -0.298 e. The van der Waals surface area contributed by atoms with Crippen LogP contribution in [0.25, 0.3) is 10.2 Å². The van der Waals surface area contributed by atoms with E-state index in [1.54, 1.807) is 0 Å². The van der Waals surface area contributed by atoms with Crippen molar-refractivity contribution in [3.63, 3.8) is 0 Å². The van der Waals surface area contributed by atoms with Crippen LogP contribution in [0.2, 0.25) is 5.02 Å². The van der Waals surface area contributed by atoms with E-state index in [-0.39, 0.29) is 15.5 Å². The normalized spacial score (nSPS) is 11.6. The highest BCUT2D eigenvalue weighted by Crippen LogP contribution is 2.28. The van der Waals surface area contributed by atoms with E-state index in [9.17, 15) is 13.2 Å². The number of aryl methyl sites for hydroxylation is 1. The van der Waals surface area contributed by atoms with Gasteiger partial charge in [0.25, 0.3) is 5.91 Å². The number of carbonyl (C=O) groups excluding carboxylic acids is 1. The van der Waals surface area contributed by atoms with Crippen molar-refractivity contribution in [3.8, 4) is 0 Å². The number of halogens is 1. The minimum absolute atomic E-state index is 0.0725. The number of thiazole rings is 1. The van der Waals surface area contributed by atoms with E-state index in [1.807, 2.05) is 25.1 Å². The Morgan fingerprint density at radius 1 is 1.21 bits per heavy atom. The third-order valence-corrected chi connectivity index (χ3v) is 5.87. The molecular weight excluding hydrogens is 368 g/mol. The summed E-state index contributed by atoms with van der Waals surface area (Å²) in [5, 5.41) is 3.24. The molecule has 5 nitrogen and oxygen atoms in total. The van der Waals surface area contributed by atoms with Gasteiger partial charge in [-0.1, -0.05) is 29.0 Å². The van der Waals surface area contributed by atoms with Gasteiger partial charge in [0.05, 0.1) is 20.1 Å². The van der Waals surface area contributed by atoms with Gasteiger partial charge >= 0.3 is 0 Å². The Bertz CT molecular complexity index is 1060. The molecule has 124 valence electrons. The molecule has 0 unspecified atom stereocenters. The van der Waals surface area contributed by atoms with Crippen LogP contribution in [-0.2, 0) is 9.84 Å². The summed E-state index contributed by atoms with van der Waals surface area (Å²) in [6.45, 7) is 1.98. The summed E-state index contributed by atoms with van der Waals surface area (Å²) in [4.78, 5) is 16.6. The summed E-state index contributed by atoms with van der Waals surface area (Å²) in [5.74, 6) is -0.438. The molecule has 0 aliphatic heterocycles. The first-order chi connectivity index (χ1) is 11.2. The van der Waals surface area contributed by atoms with Crippen molar-refractivity contribution >= 4 is 54.0 Å². The number of hydrogen-bond donors (Lipinski definition) is 1. The average molecular weight is 381 g/mol. The van der Waals surface area contributed by atoms with Crippen molar-refractivity contribution in [3.05, 3.63) is 52.5 Å². The van der Waals surface area contributed by atoms with Crippen LogP contribution < -0.4 is 5.32 Å². The zero-order valence-electron chi connectivity index (χ0n) is 12.8. The van der Waals surface area contributed by atoms with Crippen LogP contribution in [0, 0.1) is 6.92 Å². The molecule has 0 atom stereocenters. The number of aromatic nitrogens is 1. The average Bonchev–Trinajstić information content (AvgIpc) is 2.87. The van der Waals surface area contributed by atoms with Gasteiger partial charge in [0, 0.05) is 11.8 Å². The second-order valence-electron chi connectivity index (χ2n) is 5.36. The summed E-state index contributed by atoms with van der Waals surface area (Å²) in [6.07, 6.45) is 1.05. The molecule has 8 heteroatoms. The Balaban J connectivity index is 1.91. The molecule has 1 amide bonds. The number of anilines is 1. The number of nitrogens with one attached hydrogen (secondary N) is 1. The van der Waals surface area contributed by atoms with Crippen molar-refractivity contribution in [2.75, 3.05) is 11.6 Å². The summed E-state index contributed by atoms with van der Waals surface area (Å²) in [6, 6.07) is 9.97. The van der Waals surface area contributed by atoms with Crippen molar-refractivity contribution < 1.29 is 13.2 Å². The molecule has 0 fully saturated rings. The highest BCUT2D eigenvalue weighted by molar-refractivity contribution is 7.90. The smallest absolute Gasteiger partial charge is 0.257 e. The lowest BCUT2D eigenvalue weighted by Gasteiger charge is -2.06. The van der Waals surface area contributed by atoms with Gasteiger partial charge in [-0.05, 0) is 42.8 Å². The van der Waals surface area contributed by atoms with E-state index in [0.29, 0.717) is 5.13 Å². The molecule has 3 aromatic rings. The molecule has 0 spiro atoms. The fourth-order valence-corrected chi connectivity index (χ4v) is 4.44. The summed E-state index contributed by atoms with van der Waals surface area (Å²) >= 11 is 7.25. The summed E-state index contributed by atoms with van der Waals surface area (Å²) < 4.78 is 24.4. The maximum Gasteiger partial charge on any atom is 0.257 e. The number of nitrogens with zero attached hydrogens (tertiary/aromatic N) is 1. The molecule has 24 heavy (non-hydrogen) atoms. The van der Waals surface area contributed by atoms with Crippen molar-refractivity contribution in [2.24, 2.45) is 0 Å². The van der Waals surface area contributed by atoms with E-state index in [0.717, 1.165) is 22.0 Å². The number of hydrogen-bond acceptors (Lipinski definition) is 5. The predicted molar refractivity (Wildman–Crippen MR) is 96.9 cm³/mol. The Morgan fingerprint density at radius 3 is 2.67 bits per heavy atom. The van der Waals surface area contributed by atoms with E-state index >= 15 is 0 Å². The van der Waals surface area contributed by atoms with E-state index < -0.39 is 15.7 Å². The zero-order chi connectivity index (χ0) is 17.5. The molecule has 0 radical (unpaired) electrons. The molecule has 1 aromatic heterocycles. The van der Waals surface area contributed by atoms with Crippen molar-refractivity contribution in [2.45, 2.75) is 11.8 Å². The standard InChI is InChI=1S/C16H13ClN2O3S2/c1-9-3-6-12-13(7-9)23-16(18-12)19-15(20)10-4-5-11(17)14(8-10)24(2,21)22/h3-8H,1-2H3,(H,18,19,20). The van der Waals surface area contributed by atoms with Crippen LogP contribution in [0.5, 0.6) is 0 Å². The summed E-state index contributed by atoms with van der Waals surface area (Å²) in [7, 11) is -3.51. The first-order valence-corrected chi connectivity index (χ1v) is 10.0. The topological polar surface area (TPSA) is 76.1 Å². The van der Waals surface area contributed by atoms with Crippen molar-refractivity contribution in [1.29, 1.82) is 0 Å². The summed E-state index contributed by atoms with van der Waals surface area (Å²) in [5.41, 5.74) is 2.11. The molecule has 0 saturated carbocycles. The minimum atomic E-state index is -3.51. The van der Waals surface area contributed by atoms with Crippen LogP contribution in [0.15, 0.2) is 41.3 Å². The Hall–Kier alpha value is -1.96. The van der Waals surface area contributed by atoms with Crippen molar-refractivity contribution in [1.82, 2.24) is 4.98 Å². The van der Waals surface area contributed by atoms with Crippen LogP contribution >= 0.6 is 22.9 Å². The SMILES string of the molecule is Cc1ccc2nc(NC(=O)c3ccc(Cl)c(S(C)(=O)=O)c3)sc2c1. The molecule has 1 N–H and O–H groups in total. The lowest BCUT2D eigenvalue weighted by Crippen LogP contribution is -2.12. The molecule has 1 heterocycles. The number of carbonyl (C=O) groups is 1. The van der Waals surface area contributed by atoms with Crippen LogP contribution in [-0.4, -0.2) is 25.6 Å². The van der Waals surface area contributed by atoms with Crippen LogP contribution in [0.3, 0.4) is 0 Å².